The van der Waals surface area contributed by atoms with E-state index < -0.39 is 0 Å². The van der Waals surface area contributed by atoms with Crippen LogP contribution in [-0.4, -0.2) is 18.1 Å². The number of benzene rings is 1. The molecule has 0 fully saturated rings. The second-order valence-corrected chi connectivity index (χ2v) is 4.92. The maximum atomic E-state index is 6.03. The molecule has 0 amide bonds. The monoisotopic (exact) mass is 269 g/mol. The Morgan fingerprint density at radius 1 is 1.25 bits per heavy atom. The van der Waals surface area contributed by atoms with Crippen LogP contribution in [0.2, 0.25) is 0 Å². The van der Waals surface area contributed by atoms with Crippen molar-refractivity contribution in [1.29, 1.82) is 0 Å². The van der Waals surface area contributed by atoms with Crippen LogP contribution in [0.25, 0.3) is 0 Å². The van der Waals surface area contributed by atoms with Gasteiger partial charge in [-0.05, 0) is 36.6 Å². The molecule has 20 heavy (non-hydrogen) atoms. The number of nitrogens with zero attached hydrogens (tertiary/aromatic N) is 2. The number of hydrogen-bond acceptors (Lipinski definition) is 4. The van der Waals surface area contributed by atoms with Gasteiger partial charge in [0.05, 0.1) is 6.61 Å². The normalized spacial score (nSPS) is 13.9. The van der Waals surface area contributed by atoms with E-state index in [1.54, 1.807) is 0 Å². The fourth-order valence-corrected chi connectivity index (χ4v) is 2.64. The van der Waals surface area contributed by atoms with Crippen LogP contribution < -0.4 is 15.4 Å². The Bertz CT molecular complexity index is 612. The molecule has 0 radical (unpaired) electrons. The van der Waals surface area contributed by atoms with Crippen LogP contribution >= 0.6 is 0 Å². The predicted octanol–water partition coefficient (Wildman–Crippen LogP) is 2.63. The van der Waals surface area contributed by atoms with Gasteiger partial charge in [-0.25, -0.2) is 0 Å². The second kappa shape index (κ2) is 5.41. The highest BCUT2D eigenvalue weighted by Crippen LogP contribution is 2.27. The molecule has 1 aromatic heterocycles. The van der Waals surface area contributed by atoms with Crippen LogP contribution in [-0.2, 0) is 13.0 Å². The lowest BCUT2D eigenvalue weighted by Crippen LogP contribution is -2.31. The predicted molar refractivity (Wildman–Crippen MR) is 81.0 cm³/mol. The summed E-state index contributed by atoms with van der Waals surface area (Å²) in [6.07, 6.45) is 0.961. The van der Waals surface area contributed by atoms with Gasteiger partial charge in [0.25, 0.3) is 0 Å². The van der Waals surface area contributed by atoms with Crippen molar-refractivity contribution < 1.29 is 4.74 Å². The quantitative estimate of drug-likeness (QED) is 0.870. The van der Waals surface area contributed by atoms with E-state index in [1.165, 1.54) is 11.1 Å². The number of anilines is 2. The van der Waals surface area contributed by atoms with Crippen molar-refractivity contribution in [3.05, 3.63) is 47.5 Å². The van der Waals surface area contributed by atoms with E-state index in [9.17, 15) is 0 Å². The van der Waals surface area contributed by atoms with Crippen LogP contribution in [0.5, 0.6) is 5.88 Å². The maximum Gasteiger partial charge on any atom is 0.215 e. The van der Waals surface area contributed by atoms with Crippen LogP contribution in [0.15, 0.2) is 36.4 Å². The van der Waals surface area contributed by atoms with Crippen LogP contribution in [0.1, 0.15) is 18.1 Å². The molecule has 1 aliphatic heterocycles. The summed E-state index contributed by atoms with van der Waals surface area (Å²) in [4.78, 5) is 6.82. The minimum atomic E-state index is 0.635. The van der Waals surface area contributed by atoms with Gasteiger partial charge in [-0.2, -0.15) is 4.98 Å². The first-order valence-electron chi connectivity index (χ1n) is 6.99. The fourth-order valence-electron chi connectivity index (χ4n) is 2.64. The molecule has 3 rings (SSSR count). The summed E-state index contributed by atoms with van der Waals surface area (Å²) >= 11 is 0. The van der Waals surface area contributed by atoms with Gasteiger partial charge in [0.1, 0.15) is 5.82 Å². The Labute approximate surface area is 119 Å². The van der Waals surface area contributed by atoms with E-state index in [-0.39, 0.29) is 0 Å². The van der Waals surface area contributed by atoms with Crippen molar-refractivity contribution in [3.63, 3.8) is 0 Å². The summed E-state index contributed by atoms with van der Waals surface area (Å²) in [6.45, 7) is 4.39. The highest BCUT2D eigenvalue weighted by atomic mass is 16.5. The fraction of sp³-hybridized carbons (Fsp3) is 0.312. The summed E-state index contributed by atoms with van der Waals surface area (Å²) < 4.78 is 5.47. The van der Waals surface area contributed by atoms with Gasteiger partial charge in [0, 0.05) is 24.8 Å². The Morgan fingerprint density at radius 3 is 2.95 bits per heavy atom. The number of fused-ring (bicyclic) bond motifs is 1. The summed E-state index contributed by atoms with van der Waals surface area (Å²) in [5.74, 6) is 1.65. The maximum absolute atomic E-state index is 6.03. The van der Waals surface area contributed by atoms with Gasteiger partial charge in [-0.1, -0.05) is 18.2 Å². The molecule has 4 nitrogen and oxygen atoms in total. The average molecular weight is 269 g/mol. The second-order valence-electron chi connectivity index (χ2n) is 4.92. The molecule has 4 heteroatoms. The number of rotatable bonds is 3. The van der Waals surface area contributed by atoms with Gasteiger partial charge >= 0.3 is 0 Å². The SMILES string of the molecule is CCOc1cccc(N2CCc3c(N)cccc3C2)n1. The Kier molecular flexibility index (Phi) is 3.46. The van der Waals surface area contributed by atoms with Crippen molar-refractivity contribution in [1.82, 2.24) is 4.98 Å². The summed E-state index contributed by atoms with van der Waals surface area (Å²) in [5.41, 5.74) is 9.51. The minimum Gasteiger partial charge on any atom is -0.478 e. The molecule has 0 atom stereocenters. The molecule has 0 aliphatic carbocycles. The third kappa shape index (κ3) is 2.41. The molecule has 0 saturated carbocycles. The van der Waals surface area contributed by atoms with Gasteiger partial charge in [-0.3, -0.25) is 0 Å². The van der Waals surface area contributed by atoms with Crippen molar-refractivity contribution in [2.45, 2.75) is 19.9 Å². The van der Waals surface area contributed by atoms with E-state index in [0.717, 1.165) is 31.0 Å². The van der Waals surface area contributed by atoms with Gasteiger partial charge < -0.3 is 15.4 Å². The van der Waals surface area contributed by atoms with Crippen LogP contribution in [0, 0.1) is 0 Å². The lowest BCUT2D eigenvalue weighted by atomic mass is 9.98. The Hall–Kier alpha value is -2.23. The zero-order valence-corrected chi connectivity index (χ0v) is 11.7. The zero-order chi connectivity index (χ0) is 13.9. The van der Waals surface area contributed by atoms with Crippen LogP contribution in [0.4, 0.5) is 11.5 Å². The van der Waals surface area contributed by atoms with Gasteiger partial charge in [0.15, 0.2) is 0 Å². The van der Waals surface area contributed by atoms with Gasteiger partial charge in [0.2, 0.25) is 5.88 Å². The van der Waals surface area contributed by atoms with E-state index in [1.807, 2.05) is 37.3 Å². The average Bonchev–Trinajstić information content (AvgIpc) is 2.48. The van der Waals surface area contributed by atoms with E-state index in [4.69, 9.17) is 10.5 Å². The highest BCUT2D eigenvalue weighted by Gasteiger charge is 2.19. The highest BCUT2D eigenvalue weighted by molar-refractivity contribution is 5.55. The molecule has 2 heterocycles. The third-order valence-electron chi connectivity index (χ3n) is 3.63. The third-order valence-corrected chi connectivity index (χ3v) is 3.63. The van der Waals surface area contributed by atoms with Crippen molar-refractivity contribution in [3.8, 4) is 5.88 Å². The molecule has 2 N–H and O–H groups in total. The number of aromatic nitrogens is 1. The molecule has 0 saturated heterocycles. The lowest BCUT2D eigenvalue weighted by Gasteiger charge is -2.30. The molecule has 1 aromatic carbocycles. The minimum absolute atomic E-state index is 0.635. The molecule has 1 aliphatic rings. The zero-order valence-electron chi connectivity index (χ0n) is 11.7. The molecule has 0 unspecified atom stereocenters. The van der Waals surface area contributed by atoms with Gasteiger partial charge in [-0.15, -0.1) is 0 Å². The molecule has 2 aromatic rings. The molecule has 104 valence electrons. The Morgan fingerprint density at radius 2 is 2.10 bits per heavy atom. The summed E-state index contributed by atoms with van der Waals surface area (Å²) in [6, 6.07) is 12.0. The first-order chi connectivity index (χ1) is 9.78. The van der Waals surface area contributed by atoms with Crippen LogP contribution in [0.3, 0.4) is 0 Å². The molecule has 0 spiro atoms. The van der Waals surface area contributed by atoms with Crippen molar-refractivity contribution in [2.75, 3.05) is 23.8 Å². The molecular formula is C16H19N3O. The largest absolute Gasteiger partial charge is 0.478 e. The molecular weight excluding hydrogens is 250 g/mol. The van der Waals surface area contributed by atoms with E-state index in [0.29, 0.717) is 12.5 Å². The lowest BCUT2D eigenvalue weighted by molar-refractivity contribution is 0.327. The Balaban J connectivity index is 1.85. The summed E-state index contributed by atoms with van der Waals surface area (Å²) in [5, 5.41) is 0. The number of nitrogen functional groups attached to an aromatic ring is 1. The van der Waals surface area contributed by atoms with E-state index in [2.05, 4.69) is 16.0 Å². The standard InChI is InChI=1S/C16H19N3O/c1-2-20-16-8-4-7-15(18-16)19-10-9-13-12(11-19)5-3-6-14(13)17/h3-8H,2,9-11,17H2,1H3. The van der Waals surface area contributed by atoms with Crippen molar-refractivity contribution >= 4 is 11.5 Å². The number of hydrogen-bond donors (Lipinski definition) is 1. The smallest absolute Gasteiger partial charge is 0.215 e. The first-order valence-corrected chi connectivity index (χ1v) is 6.99. The number of pyridine rings is 1. The number of ether oxygens (including phenoxy) is 1. The molecule has 0 bridgehead atoms. The summed E-state index contributed by atoms with van der Waals surface area (Å²) in [7, 11) is 0. The van der Waals surface area contributed by atoms with Crippen molar-refractivity contribution in [2.24, 2.45) is 0 Å². The topological polar surface area (TPSA) is 51.4 Å². The number of nitrogens with two attached hydrogens (primary N) is 1. The van der Waals surface area contributed by atoms with E-state index >= 15 is 0 Å². The first kappa shape index (κ1) is 12.8.